The van der Waals surface area contributed by atoms with Gasteiger partial charge in [0, 0.05) is 11.8 Å². The van der Waals surface area contributed by atoms with Crippen LogP contribution < -0.4 is 0 Å². The Morgan fingerprint density at radius 1 is 1.03 bits per heavy atom. The Morgan fingerprint density at radius 2 is 1.85 bits per heavy atom. The molecule has 0 spiro atoms. The third-order valence-corrected chi connectivity index (χ3v) is 7.64. The van der Waals surface area contributed by atoms with Crippen molar-refractivity contribution in [2.75, 3.05) is 0 Å². The van der Waals surface area contributed by atoms with E-state index in [0.29, 0.717) is 17.8 Å². The summed E-state index contributed by atoms with van der Waals surface area (Å²) >= 11 is 0. The van der Waals surface area contributed by atoms with Crippen molar-refractivity contribution >= 4 is 0 Å². The minimum atomic E-state index is 0.401. The fraction of sp³-hybridized carbons (Fsp3) is 0.353. The molecular formula is C34H40. The third kappa shape index (κ3) is 5.27. The van der Waals surface area contributed by atoms with E-state index in [1.54, 1.807) is 5.57 Å². The van der Waals surface area contributed by atoms with Gasteiger partial charge in [-0.15, -0.1) is 0 Å². The summed E-state index contributed by atoms with van der Waals surface area (Å²) in [4.78, 5) is 0. The number of allylic oxidation sites excluding steroid dienone is 16. The smallest absolute Gasteiger partial charge is 0.0135 e. The van der Waals surface area contributed by atoms with Crippen molar-refractivity contribution in [3.8, 4) is 0 Å². The molecule has 0 aliphatic heterocycles. The topological polar surface area (TPSA) is 0 Å². The number of rotatable bonds is 7. The van der Waals surface area contributed by atoms with Crippen LogP contribution in [0.2, 0.25) is 0 Å². The quantitative estimate of drug-likeness (QED) is 0.364. The van der Waals surface area contributed by atoms with Gasteiger partial charge >= 0.3 is 0 Å². The highest BCUT2D eigenvalue weighted by molar-refractivity contribution is 5.57. The van der Waals surface area contributed by atoms with Gasteiger partial charge in [0.1, 0.15) is 0 Å². The maximum absolute atomic E-state index is 2.56. The molecule has 0 bridgehead atoms. The molecule has 0 fully saturated rings. The molecule has 0 saturated heterocycles. The van der Waals surface area contributed by atoms with Crippen molar-refractivity contribution in [1.29, 1.82) is 0 Å². The molecule has 0 amide bonds. The van der Waals surface area contributed by atoms with Crippen LogP contribution >= 0.6 is 0 Å². The van der Waals surface area contributed by atoms with Crippen LogP contribution in [0.25, 0.3) is 0 Å². The second-order valence-electron chi connectivity index (χ2n) is 9.76. The van der Waals surface area contributed by atoms with Crippen molar-refractivity contribution in [2.24, 2.45) is 5.92 Å². The number of hydrogen-bond donors (Lipinski definition) is 0. The molecule has 176 valence electrons. The predicted octanol–water partition coefficient (Wildman–Crippen LogP) is 9.84. The lowest BCUT2D eigenvalue weighted by Gasteiger charge is -2.34. The van der Waals surface area contributed by atoms with Gasteiger partial charge in [-0.05, 0) is 90.9 Å². The second kappa shape index (κ2) is 11.5. The van der Waals surface area contributed by atoms with Crippen molar-refractivity contribution in [3.05, 3.63) is 130 Å². The van der Waals surface area contributed by atoms with E-state index in [2.05, 4.69) is 119 Å². The largest absolute Gasteiger partial charge is 0.0911 e. The highest BCUT2D eigenvalue weighted by atomic mass is 14.3. The zero-order valence-corrected chi connectivity index (χ0v) is 21.4. The Bertz CT molecular complexity index is 1110. The highest BCUT2D eigenvalue weighted by Gasteiger charge is 2.30. The predicted molar refractivity (Wildman–Crippen MR) is 149 cm³/mol. The monoisotopic (exact) mass is 448 g/mol. The molecule has 0 heteroatoms. The fourth-order valence-electron chi connectivity index (χ4n) is 5.73. The lowest BCUT2D eigenvalue weighted by atomic mass is 9.70. The van der Waals surface area contributed by atoms with E-state index in [-0.39, 0.29) is 0 Å². The maximum atomic E-state index is 2.56. The Hall–Kier alpha value is -2.86. The van der Waals surface area contributed by atoms with Crippen LogP contribution in [-0.4, -0.2) is 0 Å². The van der Waals surface area contributed by atoms with E-state index in [0.717, 1.165) is 32.1 Å². The van der Waals surface area contributed by atoms with Crippen molar-refractivity contribution < 1.29 is 0 Å². The van der Waals surface area contributed by atoms with Gasteiger partial charge in [0.2, 0.25) is 0 Å². The molecule has 0 saturated carbocycles. The van der Waals surface area contributed by atoms with Gasteiger partial charge in [-0.2, -0.15) is 0 Å². The lowest BCUT2D eigenvalue weighted by Crippen LogP contribution is -2.18. The average Bonchev–Trinajstić information content (AvgIpc) is 2.90. The maximum Gasteiger partial charge on any atom is 0.0135 e. The first-order valence-corrected chi connectivity index (χ1v) is 13.2. The van der Waals surface area contributed by atoms with Gasteiger partial charge in [-0.1, -0.05) is 105 Å². The fourth-order valence-corrected chi connectivity index (χ4v) is 5.73. The van der Waals surface area contributed by atoms with Crippen LogP contribution in [0.1, 0.15) is 82.8 Å². The molecular weight excluding hydrogens is 408 g/mol. The van der Waals surface area contributed by atoms with Gasteiger partial charge in [0.15, 0.2) is 0 Å². The molecule has 0 N–H and O–H groups in total. The molecule has 0 radical (unpaired) electrons. The Kier molecular flexibility index (Phi) is 8.22. The van der Waals surface area contributed by atoms with Gasteiger partial charge < -0.3 is 0 Å². The van der Waals surface area contributed by atoms with Crippen LogP contribution in [-0.2, 0) is 0 Å². The van der Waals surface area contributed by atoms with Crippen LogP contribution in [0.4, 0.5) is 0 Å². The van der Waals surface area contributed by atoms with E-state index in [4.69, 9.17) is 0 Å². The standard InChI is InChI=1S/C34H40/c1-5-14-25(4)27-19-21-30(22-20-27)33-24-31(28-15-10-8-11-16-28)23-32(29-17-12-9-13-18-29)34(33)26(6-2)7-3/h5-6,8-10,12-15,17,19-23,25,29,33H,7,11,16,18,24H2,1-4H3. The van der Waals surface area contributed by atoms with Crippen LogP contribution in [0.15, 0.2) is 119 Å². The van der Waals surface area contributed by atoms with E-state index in [9.17, 15) is 0 Å². The lowest BCUT2D eigenvalue weighted by molar-refractivity contribution is 0.692. The van der Waals surface area contributed by atoms with E-state index >= 15 is 0 Å². The van der Waals surface area contributed by atoms with Crippen LogP contribution in [0, 0.1) is 5.92 Å². The summed E-state index contributed by atoms with van der Waals surface area (Å²) in [6.45, 7) is 8.91. The van der Waals surface area contributed by atoms with Crippen molar-refractivity contribution in [1.82, 2.24) is 0 Å². The SMILES string of the molecule is CC=CC(C)c1ccc(C2CC(C3=CC=CCC3)=CC(C3C=CC=CC3)=C2C(=CC)CC)cc1. The highest BCUT2D eigenvalue weighted by Crippen LogP contribution is 2.47. The summed E-state index contributed by atoms with van der Waals surface area (Å²) < 4.78 is 0. The summed E-state index contributed by atoms with van der Waals surface area (Å²) in [5, 5.41) is 0. The third-order valence-electron chi connectivity index (χ3n) is 7.64. The van der Waals surface area contributed by atoms with Gasteiger partial charge in [-0.3, -0.25) is 0 Å². The summed E-state index contributed by atoms with van der Waals surface area (Å²) in [6, 6.07) is 9.50. The minimum absolute atomic E-state index is 0.401. The molecule has 1 aromatic carbocycles. The second-order valence-corrected chi connectivity index (χ2v) is 9.76. The van der Waals surface area contributed by atoms with E-state index in [1.807, 2.05) is 0 Å². The average molecular weight is 449 g/mol. The first kappa shape index (κ1) is 24.3. The molecule has 1 aromatic rings. The van der Waals surface area contributed by atoms with Gasteiger partial charge in [0.05, 0.1) is 0 Å². The normalized spacial score (nSPS) is 23.9. The van der Waals surface area contributed by atoms with Crippen LogP contribution in [0.3, 0.4) is 0 Å². The number of benzene rings is 1. The Labute approximate surface area is 207 Å². The Morgan fingerprint density at radius 3 is 2.47 bits per heavy atom. The molecule has 0 heterocycles. The van der Waals surface area contributed by atoms with Crippen molar-refractivity contribution in [3.63, 3.8) is 0 Å². The van der Waals surface area contributed by atoms with Gasteiger partial charge in [0.25, 0.3) is 0 Å². The first-order chi connectivity index (χ1) is 16.7. The molecule has 3 unspecified atom stereocenters. The Balaban J connectivity index is 1.84. The molecule has 0 aromatic heterocycles. The molecule has 4 rings (SSSR count). The van der Waals surface area contributed by atoms with Crippen molar-refractivity contribution in [2.45, 2.75) is 71.6 Å². The zero-order valence-electron chi connectivity index (χ0n) is 21.4. The summed E-state index contributed by atoms with van der Waals surface area (Å²) in [6.07, 6.45) is 31.0. The van der Waals surface area contributed by atoms with Crippen LogP contribution in [0.5, 0.6) is 0 Å². The molecule has 3 aliphatic rings. The molecule has 3 aliphatic carbocycles. The summed E-state index contributed by atoms with van der Waals surface area (Å²) in [7, 11) is 0. The first-order valence-electron chi connectivity index (χ1n) is 13.2. The summed E-state index contributed by atoms with van der Waals surface area (Å²) in [5.74, 6) is 1.30. The molecule has 3 atom stereocenters. The number of hydrogen-bond acceptors (Lipinski definition) is 0. The summed E-state index contributed by atoms with van der Waals surface area (Å²) in [5.41, 5.74) is 10.5. The zero-order chi connectivity index (χ0) is 23.9. The van der Waals surface area contributed by atoms with Gasteiger partial charge in [-0.25, -0.2) is 0 Å². The molecule has 0 nitrogen and oxygen atoms in total. The molecule has 34 heavy (non-hydrogen) atoms. The van der Waals surface area contributed by atoms with E-state index in [1.165, 1.54) is 33.4 Å². The minimum Gasteiger partial charge on any atom is -0.0911 e. The van der Waals surface area contributed by atoms with E-state index < -0.39 is 0 Å².